The molecule has 0 spiro atoms. The zero-order valence-electron chi connectivity index (χ0n) is 14.2. The first-order chi connectivity index (χ1) is 10.7. The van der Waals surface area contributed by atoms with Crippen LogP contribution < -0.4 is 5.32 Å². The molecular formula is C18H29NO4. The van der Waals surface area contributed by atoms with Gasteiger partial charge in [-0.2, -0.15) is 0 Å². The first kappa shape index (κ1) is 19.5. The molecule has 1 rings (SSSR count). The minimum absolute atomic E-state index is 0.166. The summed E-state index contributed by atoms with van der Waals surface area (Å²) in [6.07, 6.45) is 0.164. The number of benzene rings is 1. The number of rotatable bonds is 9. The SMILES string of the molecule is CC(Cc1ccccc1)C[C@@H](CC(C)(C)NC(=O)O)[C@H](O)CO. The second-order valence-electron chi connectivity index (χ2n) is 7.06. The molecular weight excluding hydrogens is 294 g/mol. The fourth-order valence-electron chi connectivity index (χ4n) is 3.14. The predicted molar refractivity (Wildman–Crippen MR) is 90.4 cm³/mol. The van der Waals surface area contributed by atoms with E-state index in [1.54, 1.807) is 13.8 Å². The quantitative estimate of drug-likeness (QED) is 0.562. The smallest absolute Gasteiger partial charge is 0.405 e. The van der Waals surface area contributed by atoms with Crippen molar-refractivity contribution in [3.8, 4) is 0 Å². The lowest BCUT2D eigenvalue weighted by molar-refractivity contribution is 0.0248. The Morgan fingerprint density at radius 2 is 1.87 bits per heavy atom. The molecule has 0 fully saturated rings. The Labute approximate surface area is 138 Å². The van der Waals surface area contributed by atoms with Gasteiger partial charge in [0.05, 0.1) is 12.7 Å². The fraction of sp³-hybridized carbons (Fsp3) is 0.611. The lowest BCUT2D eigenvalue weighted by Crippen LogP contribution is -2.46. The van der Waals surface area contributed by atoms with Gasteiger partial charge in [0.2, 0.25) is 0 Å². The van der Waals surface area contributed by atoms with Crippen molar-refractivity contribution in [3.05, 3.63) is 35.9 Å². The molecule has 4 N–H and O–H groups in total. The van der Waals surface area contributed by atoms with Crippen molar-refractivity contribution in [2.45, 2.75) is 51.7 Å². The maximum absolute atomic E-state index is 10.9. The van der Waals surface area contributed by atoms with E-state index in [-0.39, 0.29) is 12.5 Å². The third kappa shape index (κ3) is 7.48. The van der Waals surface area contributed by atoms with Gasteiger partial charge in [-0.05, 0) is 50.5 Å². The summed E-state index contributed by atoms with van der Waals surface area (Å²) in [4.78, 5) is 10.9. The Morgan fingerprint density at radius 3 is 2.39 bits per heavy atom. The molecule has 0 aliphatic carbocycles. The maximum Gasteiger partial charge on any atom is 0.405 e. The van der Waals surface area contributed by atoms with Crippen molar-refractivity contribution in [1.82, 2.24) is 5.32 Å². The number of amides is 1. The van der Waals surface area contributed by atoms with Crippen molar-refractivity contribution >= 4 is 6.09 Å². The normalized spacial score (nSPS) is 15.7. The van der Waals surface area contributed by atoms with Crippen LogP contribution in [-0.2, 0) is 6.42 Å². The van der Waals surface area contributed by atoms with Crippen LogP contribution in [0.5, 0.6) is 0 Å². The topological polar surface area (TPSA) is 89.8 Å². The molecule has 1 aromatic rings. The Balaban J connectivity index is 2.68. The van der Waals surface area contributed by atoms with E-state index in [0.29, 0.717) is 12.3 Å². The number of carbonyl (C=O) groups is 1. The molecule has 0 saturated carbocycles. The first-order valence-electron chi connectivity index (χ1n) is 8.07. The summed E-state index contributed by atoms with van der Waals surface area (Å²) < 4.78 is 0. The lowest BCUT2D eigenvalue weighted by atomic mass is 9.80. The van der Waals surface area contributed by atoms with Crippen LogP contribution in [0.3, 0.4) is 0 Å². The molecule has 0 heterocycles. The van der Waals surface area contributed by atoms with E-state index >= 15 is 0 Å². The Hall–Kier alpha value is -1.59. The van der Waals surface area contributed by atoms with Crippen molar-refractivity contribution in [1.29, 1.82) is 0 Å². The summed E-state index contributed by atoms with van der Waals surface area (Å²) in [5.41, 5.74) is 0.583. The molecule has 3 atom stereocenters. The van der Waals surface area contributed by atoms with Gasteiger partial charge in [0.1, 0.15) is 0 Å². The molecule has 0 aliphatic heterocycles. The van der Waals surface area contributed by atoms with E-state index in [1.807, 2.05) is 18.2 Å². The van der Waals surface area contributed by atoms with E-state index in [2.05, 4.69) is 24.4 Å². The standard InChI is InChI=1S/C18H29NO4/c1-13(9-14-7-5-4-6-8-14)10-15(16(21)12-20)11-18(2,3)19-17(22)23/h4-8,13,15-16,19-21H,9-12H2,1-3H3,(H,22,23)/t13?,15-,16+/m0/s1. The molecule has 0 bridgehead atoms. The Bertz CT molecular complexity index is 475. The van der Waals surface area contributed by atoms with Gasteiger partial charge in [-0.25, -0.2) is 4.79 Å². The fourth-order valence-corrected chi connectivity index (χ4v) is 3.14. The number of hydrogen-bond donors (Lipinski definition) is 4. The molecule has 1 unspecified atom stereocenters. The highest BCUT2D eigenvalue weighted by atomic mass is 16.4. The first-order valence-corrected chi connectivity index (χ1v) is 8.07. The zero-order valence-corrected chi connectivity index (χ0v) is 14.2. The van der Waals surface area contributed by atoms with Crippen molar-refractivity contribution in [2.75, 3.05) is 6.61 Å². The van der Waals surface area contributed by atoms with Crippen LogP contribution in [0.25, 0.3) is 0 Å². The van der Waals surface area contributed by atoms with Gasteiger partial charge >= 0.3 is 6.09 Å². The van der Waals surface area contributed by atoms with Gasteiger partial charge in [0, 0.05) is 5.54 Å². The highest BCUT2D eigenvalue weighted by molar-refractivity contribution is 5.65. The van der Waals surface area contributed by atoms with Crippen LogP contribution in [0, 0.1) is 11.8 Å². The number of nitrogens with one attached hydrogen (secondary N) is 1. The lowest BCUT2D eigenvalue weighted by Gasteiger charge is -2.33. The molecule has 0 radical (unpaired) electrons. The predicted octanol–water partition coefficient (Wildman–Crippen LogP) is 2.66. The van der Waals surface area contributed by atoms with Gasteiger partial charge in [-0.3, -0.25) is 0 Å². The Morgan fingerprint density at radius 1 is 1.26 bits per heavy atom. The third-order valence-corrected chi connectivity index (χ3v) is 4.08. The van der Waals surface area contributed by atoms with Crippen LogP contribution in [0.2, 0.25) is 0 Å². The van der Waals surface area contributed by atoms with E-state index in [4.69, 9.17) is 5.11 Å². The summed E-state index contributed by atoms with van der Waals surface area (Å²) in [6.45, 7) is 5.38. The minimum atomic E-state index is -1.08. The molecule has 0 saturated heterocycles. The summed E-state index contributed by atoms with van der Waals surface area (Å²) in [7, 11) is 0. The van der Waals surface area contributed by atoms with Crippen molar-refractivity contribution in [3.63, 3.8) is 0 Å². The molecule has 130 valence electrons. The van der Waals surface area contributed by atoms with Crippen LogP contribution in [0.1, 0.15) is 39.2 Å². The van der Waals surface area contributed by atoms with Gasteiger partial charge in [-0.15, -0.1) is 0 Å². The number of aliphatic hydroxyl groups excluding tert-OH is 2. The molecule has 5 heteroatoms. The molecule has 1 amide bonds. The molecule has 0 aliphatic rings. The van der Waals surface area contributed by atoms with E-state index in [0.717, 1.165) is 12.8 Å². The van der Waals surface area contributed by atoms with Crippen molar-refractivity contribution in [2.24, 2.45) is 11.8 Å². The summed E-state index contributed by atoms with van der Waals surface area (Å²) in [5.74, 6) is 0.157. The molecule has 5 nitrogen and oxygen atoms in total. The third-order valence-electron chi connectivity index (χ3n) is 4.08. The van der Waals surface area contributed by atoms with Gasteiger partial charge in [-0.1, -0.05) is 37.3 Å². The average Bonchev–Trinajstić information content (AvgIpc) is 2.45. The molecule has 0 aromatic heterocycles. The van der Waals surface area contributed by atoms with Crippen molar-refractivity contribution < 1.29 is 20.1 Å². The Kier molecular flexibility index (Phi) is 7.52. The van der Waals surface area contributed by atoms with Gasteiger partial charge < -0.3 is 20.6 Å². The van der Waals surface area contributed by atoms with Gasteiger partial charge in [0.15, 0.2) is 0 Å². The minimum Gasteiger partial charge on any atom is -0.465 e. The van der Waals surface area contributed by atoms with Crippen LogP contribution in [0.4, 0.5) is 4.79 Å². The summed E-state index contributed by atoms with van der Waals surface area (Å²) in [6, 6.07) is 10.1. The average molecular weight is 323 g/mol. The van der Waals surface area contributed by atoms with Crippen LogP contribution in [0.15, 0.2) is 30.3 Å². The number of carboxylic acid groups (broad SMARTS) is 1. The summed E-state index contributed by atoms with van der Waals surface area (Å²) in [5, 5.41) is 30.8. The van der Waals surface area contributed by atoms with E-state index in [1.165, 1.54) is 5.56 Å². The maximum atomic E-state index is 10.9. The second-order valence-corrected chi connectivity index (χ2v) is 7.06. The number of aliphatic hydroxyl groups is 2. The highest BCUT2D eigenvalue weighted by Crippen LogP contribution is 2.27. The second kappa shape index (κ2) is 8.89. The van der Waals surface area contributed by atoms with Crippen LogP contribution >= 0.6 is 0 Å². The zero-order chi connectivity index (χ0) is 17.5. The largest absolute Gasteiger partial charge is 0.465 e. The van der Waals surface area contributed by atoms with E-state index in [9.17, 15) is 15.0 Å². The summed E-state index contributed by atoms with van der Waals surface area (Å²) >= 11 is 0. The van der Waals surface area contributed by atoms with Crippen LogP contribution in [-0.4, -0.2) is 39.7 Å². The van der Waals surface area contributed by atoms with Gasteiger partial charge in [0.25, 0.3) is 0 Å². The number of hydrogen-bond acceptors (Lipinski definition) is 3. The monoisotopic (exact) mass is 323 g/mol. The molecule has 1 aromatic carbocycles. The molecule has 23 heavy (non-hydrogen) atoms. The highest BCUT2D eigenvalue weighted by Gasteiger charge is 2.30. The van der Waals surface area contributed by atoms with E-state index < -0.39 is 17.7 Å².